The van der Waals surface area contributed by atoms with Crippen LogP contribution in [0.5, 0.6) is 0 Å². The summed E-state index contributed by atoms with van der Waals surface area (Å²) in [6, 6.07) is 10.5. The molecule has 5 heteroatoms. The number of aromatic nitrogens is 1. The molecule has 3 rings (SSSR count). The summed E-state index contributed by atoms with van der Waals surface area (Å²) in [7, 11) is 0. The minimum atomic E-state index is 0.318. The highest BCUT2D eigenvalue weighted by Crippen LogP contribution is 2.34. The molecule has 1 fully saturated rings. The molecule has 19 heavy (non-hydrogen) atoms. The van der Waals surface area contributed by atoms with E-state index in [2.05, 4.69) is 34.1 Å². The van der Waals surface area contributed by atoms with Crippen LogP contribution >= 0.6 is 22.9 Å². The zero-order valence-electron chi connectivity index (χ0n) is 10.3. The van der Waals surface area contributed by atoms with Crippen molar-refractivity contribution in [3.8, 4) is 0 Å². The van der Waals surface area contributed by atoms with Gasteiger partial charge < -0.3 is 4.90 Å². The van der Waals surface area contributed by atoms with Gasteiger partial charge >= 0.3 is 0 Å². The summed E-state index contributed by atoms with van der Waals surface area (Å²) < 4.78 is 0. The number of aldehydes is 1. The minimum absolute atomic E-state index is 0.318. The van der Waals surface area contributed by atoms with Gasteiger partial charge in [-0.15, -0.1) is 0 Å². The maximum atomic E-state index is 10.8. The summed E-state index contributed by atoms with van der Waals surface area (Å²) in [4.78, 5) is 17.8. The second kappa shape index (κ2) is 5.31. The summed E-state index contributed by atoms with van der Waals surface area (Å²) in [5.41, 5.74) is 1.36. The van der Waals surface area contributed by atoms with Crippen LogP contribution in [0, 0.1) is 0 Å². The smallest absolute Gasteiger partial charge is 0.187 e. The van der Waals surface area contributed by atoms with Crippen LogP contribution in [0.2, 0.25) is 5.15 Å². The molecule has 0 amide bonds. The van der Waals surface area contributed by atoms with Crippen LogP contribution in [0.15, 0.2) is 30.3 Å². The zero-order chi connectivity index (χ0) is 13.2. The average Bonchev–Trinajstić information content (AvgIpc) is 3.06. The van der Waals surface area contributed by atoms with Gasteiger partial charge in [-0.1, -0.05) is 53.3 Å². The molecule has 1 aliphatic rings. The highest BCUT2D eigenvalue weighted by Gasteiger charge is 2.26. The topological polar surface area (TPSA) is 33.2 Å². The van der Waals surface area contributed by atoms with Crippen LogP contribution in [-0.4, -0.2) is 24.4 Å². The Morgan fingerprint density at radius 3 is 2.84 bits per heavy atom. The van der Waals surface area contributed by atoms with Crippen molar-refractivity contribution in [2.75, 3.05) is 18.0 Å². The molecule has 1 aromatic carbocycles. The summed E-state index contributed by atoms with van der Waals surface area (Å²) >= 11 is 7.29. The van der Waals surface area contributed by atoms with E-state index in [-0.39, 0.29) is 0 Å². The standard InChI is InChI=1S/C14H13ClN2OS/c15-13-12(9-18)19-14(16-13)17-7-6-11(8-17)10-4-2-1-3-5-10/h1-5,9,11H,6-8H2. The minimum Gasteiger partial charge on any atom is -0.347 e. The van der Waals surface area contributed by atoms with Crippen LogP contribution in [0.25, 0.3) is 0 Å². The van der Waals surface area contributed by atoms with Crippen molar-refractivity contribution >= 4 is 34.4 Å². The molecule has 3 nitrogen and oxygen atoms in total. The van der Waals surface area contributed by atoms with E-state index in [0.717, 1.165) is 30.9 Å². The van der Waals surface area contributed by atoms with E-state index in [0.29, 0.717) is 15.9 Å². The highest BCUT2D eigenvalue weighted by atomic mass is 35.5. The number of hydrogen-bond acceptors (Lipinski definition) is 4. The van der Waals surface area contributed by atoms with Gasteiger partial charge in [-0.05, 0) is 12.0 Å². The Labute approximate surface area is 120 Å². The van der Waals surface area contributed by atoms with E-state index in [9.17, 15) is 4.79 Å². The maximum absolute atomic E-state index is 10.8. The lowest BCUT2D eigenvalue weighted by Gasteiger charge is -2.14. The highest BCUT2D eigenvalue weighted by molar-refractivity contribution is 7.17. The van der Waals surface area contributed by atoms with Crippen LogP contribution in [0.4, 0.5) is 5.13 Å². The monoisotopic (exact) mass is 292 g/mol. The van der Waals surface area contributed by atoms with Gasteiger partial charge in [0.2, 0.25) is 0 Å². The number of rotatable bonds is 3. The van der Waals surface area contributed by atoms with Gasteiger partial charge in [0.05, 0.1) is 0 Å². The lowest BCUT2D eigenvalue weighted by atomic mass is 9.99. The lowest BCUT2D eigenvalue weighted by molar-refractivity contribution is 0.112. The number of nitrogens with zero attached hydrogens (tertiary/aromatic N) is 2. The van der Waals surface area contributed by atoms with E-state index < -0.39 is 0 Å². The number of carbonyl (C=O) groups excluding carboxylic acids is 1. The second-order valence-electron chi connectivity index (χ2n) is 4.61. The number of anilines is 1. The fourth-order valence-corrected chi connectivity index (χ4v) is 3.54. The molecule has 0 saturated carbocycles. The van der Waals surface area contributed by atoms with E-state index in [1.807, 2.05) is 6.07 Å². The second-order valence-corrected chi connectivity index (χ2v) is 5.98. The molecule has 1 aromatic heterocycles. The van der Waals surface area contributed by atoms with Gasteiger partial charge in [0, 0.05) is 19.0 Å². The first kappa shape index (κ1) is 12.6. The molecular weight excluding hydrogens is 280 g/mol. The largest absolute Gasteiger partial charge is 0.347 e. The molecule has 0 N–H and O–H groups in total. The summed E-state index contributed by atoms with van der Waals surface area (Å²) in [5.74, 6) is 0.531. The molecule has 0 aliphatic carbocycles. The Morgan fingerprint density at radius 2 is 2.16 bits per heavy atom. The fraction of sp³-hybridized carbons (Fsp3) is 0.286. The Kier molecular flexibility index (Phi) is 3.53. The summed E-state index contributed by atoms with van der Waals surface area (Å²) in [5, 5.41) is 1.17. The third kappa shape index (κ3) is 2.51. The molecule has 1 aliphatic heterocycles. The van der Waals surface area contributed by atoms with E-state index in [1.165, 1.54) is 16.9 Å². The van der Waals surface area contributed by atoms with Gasteiger partial charge in [0.1, 0.15) is 4.88 Å². The first-order valence-electron chi connectivity index (χ1n) is 6.19. The predicted molar refractivity (Wildman–Crippen MR) is 78.5 cm³/mol. The Morgan fingerprint density at radius 1 is 1.37 bits per heavy atom. The molecule has 1 atom stereocenters. The van der Waals surface area contributed by atoms with Gasteiger partial charge in [-0.25, -0.2) is 4.98 Å². The first-order valence-corrected chi connectivity index (χ1v) is 7.39. The Balaban J connectivity index is 1.77. The quantitative estimate of drug-likeness (QED) is 0.810. The third-order valence-corrected chi connectivity index (χ3v) is 4.88. The average molecular weight is 293 g/mol. The molecular formula is C14H13ClN2OS. The van der Waals surface area contributed by atoms with Crippen LogP contribution in [-0.2, 0) is 0 Å². The van der Waals surface area contributed by atoms with Crippen molar-refractivity contribution in [2.45, 2.75) is 12.3 Å². The van der Waals surface area contributed by atoms with Crippen LogP contribution in [0.1, 0.15) is 27.6 Å². The van der Waals surface area contributed by atoms with Gasteiger partial charge in [0.15, 0.2) is 16.6 Å². The fourth-order valence-electron chi connectivity index (χ4n) is 2.44. The number of hydrogen-bond donors (Lipinski definition) is 0. The van der Waals surface area contributed by atoms with Crippen molar-refractivity contribution in [3.05, 3.63) is 45.9 Å². The molecule has 98 valence electrons. The normalized spacial score (nSPS) is 18.8. The van der Waals surface area contributed by atoms with E-state index in [4.69, 9.17) is 11.6 Å². The Bertz CT molecular complexity index is 584. The number of halogens is 1. The molecule has 0 bridgehead atoms. The lowest BCUT2D eigenvalue weighted by Crippen LogP contribution is -2.18. The molecule has 2 aromatic rings. The first-order chi connectivity index (χ1) is 9.28. The van der Waals surface area contributed by atoms with Gasteiger partial charge in [-0.3, -0.25) is 4.79 Å². The van der Waals surface area contributed by atoms with Crippen LogP contribution < -0.4 is 4.90 Å². The summed E-state index contributed by atoms with van der Waals surface area (Å²) in [6.07, 6.45) is 1.88. The third-order valence-electron chi connectivity index (χ3n) is 3.44. The molecule has 0 radical (unpaired) electrons. The van der Waals surface area contributed by atoms with Crippen molar-refractivity contribution in [1.29, 1.82) is 0 Å². The Hall–Kier alpha value is -1.39. The predicted octanol–water partition coefficient (Wildman–Crippen LogP) is 3.60. The molecule has 1 saturated heterocycles. The van der Waals surface area contributed by atoms with Crippen molar-refractivity contribution in [2.24, 2.45) is 0 Å². The molecule has 0 spiro atoms. The summed E-state index contributed by atoms with van der Waals surface area (Å²) in [6.45, 7) is 1.90. The van der Waals surface area contributed by atoms with Crippen molar-refractivity contribution < 1.29 is 4.79 Å². The number of thiazole rings is 1. The molecule has 2 heterocycles. The maximum Gasteiger partial charge on any atom is 0.187 e. The van der Waals surface area contributed by atoms with Crippen LogP contribution in [0.3, 0.4) is 0 Å². The van der Waals surface area contributed by atoms with Gasteiger partial charge in [-0.2, -0.15) is 0 Å². The van der Waals surface area contributed by atoms with Gasteiger partial charge in [0.25, 0.3) is 0 Å². The number of carbonyl (C=O) groups is 1. The number of benzene rings is 1. The van der Waals surface area contributed by atoms with E-state index in [1.54, 1.807) is 0 Å². The molecule has 1 unspecified atom stereocenters. The van der Waals surface area contributed by atoms with E-state index >= 15 is 0 Å². The van der Waals surface area contributed by atoms with Crippen molar-refractivity contribution in [3.63, 3.8) is 0 Å². The van der Waals surface area contributed by atoms with Crippen molar-refractivity contribution in [1.82, 2.24) is 4.98 Å². The SMILES string of the molecule is O=Cc1sc(N2CCC(c3ccccc3)C2)nc1Cl. The zero-order valence-corrected chi connectivity index (χ0v) is 11.8.